The Labute approximate surface area is 200 Å². The van der Waals surface area contributed by atoms with E-state index in [2.05, 4.69) is 10.2 Å². The van der Waals surface area contributed by atoms with Gasteiger partial charge in [-0.2, -0.15) is 0 Å². The molecular formula is C25H34N4O5. The number of rotatable bonds is 7. The molecule has 3 fully saturated rings. The van der Waals surface area contributed by atoms with Gasteiger partial charge < -0.3 is 24.6 Å². The predicted molar refractivity (Wildman–Crippen MR) is 124 cm³/mol. The molecule has 1 aromatic carbocycles. The SMILES string of the molecule is CN(C[C@@H]1CCCN2CCCC[C@H]12)C(=O)CCC1NC(=O)N(Cc2ccc3c(c2)OCO3)C1=O. The van der Waals surface area contributed by atoms with Gasteiger partial charge in [0.05, 0.1) is 6.54 Å². The molecule has 4 aliphatic rings. The van der Waals surface area contributed by atoms with Crippen molar-refractivity contribution in [2.45, 2.75) is 63.6 Å². The second-order valence-electron chi connectivity index (χ2n) is 9.93. The fourth-order valence-corrected chi connectivity index (χ4v) is 5.85. The summed E-state index contributed by atoms with van der Waals surface area (Å²) in [5.41, 5.74) is 0.786. The van der Waals surface area contributed by atoms with Crippen LogP contribution in [0, 0.1) is 5.92 Å². The minimum Gasteiger partial charge on any atom is -0.454 e. The molecule has 4 aliphatic heterocycles. The smallest absolute Gasteiger partial charge is 0.325 e. The molecule has 3 atom stereocenters. The Kier molecular flexibility index (Phi) is 6.63. The van der Waals surface area contributed by atoms with Gasteiger partial charge in [-0.15, -0.1) is 0 Å². The zero-order chi connectivity index (χ0) is 23.7. The van der Waals surface area contributed by atoms with Crippen LogP contribution >= 0.6 is 0 Å². The fraction of sp³-hybridized carbons (Fsp3) is 0.640. The highest BCUT2D eigenvalue weighted by molar-refractivity contribution is 6.04. The van der Waals surface area contributed by atoms with Gasteiger partial charge in [0, 0.05) is 26.1 Å². The Balaban J connectivity index is 1.12. The average Bonchev–Trinajstić information content (AvgIpc) is 3.42. The van der Waals surface area contributed by atoms with Crippen molar-refractivity contribution in [2.75, 3.05) is 33.5 Å². The number of hydrogen-bond donors (Lipinski definition) is 1. The second kappa shape index (κ2) is 9.82. The van der Waals surface area contributed by atoms with Gasteiger partial charge in [0.15, 0.2) is 11.5 Å². The number of imide groups is 1. The first-order valence-corrected chi connectivity index (χ1v) is 12.5. The zero-order valence-electron chi connectivity index (χ0n) is 19.8. The first-order chi connectivity index (χ1) is 16.5. The highest BCUT2D eigenvalue weighted by Gasteiger charge is 2.39. The maximum Gasteiger partial charge on any atom is 0.325 e. The highest BCUT2D eigenvalue weighted by atomic mass is 16.7. The topological polar surface area (TPSA) is 91.4 Å². The Bertz CT molecular complexity index is 951. The van der Waals surface area contributed by atoms with Crippen LogP contribution in [0.3, 0.4) is 0 Å². The van der Waals surface area contributed by atoms with E-state index in [4.69, 9.17) is 9.47 Å². The number of nitrogens with zero attached hydrogens (tertiary/aromatic N) is 3. The van der Waals surface area contributed by atoms with Crippen molar-refractivity contribution >= 4 is 17.8 Å². The highest BCUT2D eigenvalue weighted by Crippen LogP contribution is 2.33. The van der Waals surface area contributed by atoms with Crippen LogP contribution in [0.25, 0.3) is 0 Å². The number of carbonyl (C=O) groups excluding carboxylic acids is 3. The van der Waals surface area contributed by atoms with Crippen LogP contribution < -0.4 is 14.8 Å². The minimum absolute atomic E-state index is 0.0317. The number of hydrogen-bond acceptors (Lipinski definition) is 6. The third-order valence-corrected chi connectivity index (χ3v) is 7.69. The molecule has 1 N–H and O–H groups in total. The lowest BCUT2D eigenvalue weighted by Crippen LogP contribution is -2.51. The minimum atomic E-state index is -0.664. The number of benzene rings is 1. The van der Waals surface area contributed by atoms with Crippen molar-refractivity contribution in [3.63, 3.8) is 0 Å². The Hall–Kier alpha value is -2.81. The molecule has 184 valence electrons. The summed E-state index contributed by atoms with van der Waals surface area (Å²) in [5, 5.41) is 2.74. The van der Waals surface area contributed by atoms with Gasteiger partial charge in [0.2, 0.25) is 12.7 Å². The van der Waals surface area contributed by atoms with E-state index < -0.39 is 12.1 Å². The Morgan fingerprint density at radius 1 is 1.12 bits per heavy atom. The molecule has 1 aromatic rings. The standard InChI is InChI=1S/C25H34N4O5/c1-27(15-18-5-4-12-28-11-3-2-6-20(18)28)23(30)10-8-19-24(31)29(25(32)26-19)14-17-7-9-21-22(13-17)34-16-33-21/h7,9,13,18-20H,2-6,8,10-12,14-16H2,1H3,(H,26,32)/t18-,19?,20+/m0/s1. The predicted octanol–water partition coefficient (Wildman–Crippen LogP) is 2.34. The number of amides is 4. The van der Waals surface area contributed by atoms with Gasteiger partial charge in [-0.3, -0.25) is 14.5 Å². The summed E-state index contributed by atoms with van der Waals surface area (Å²) in [5.74, 6) is 1.54. The molecule has 0 radical (unpaired) electrons. The Morgan fingerprint density at radius 3 is 2.82 bits per heavy atom. The van der Waals surface area contributed by atoms with E-state index in [1.165, 1.54) is 50.1 Å². The molecule has 0 aliphatic carbocycles. The van der Waals surface area contributed by atoms with E-state index in [1.54, 1.807) is 12.1 Å². The number of fused-ring (bicyclic) bond motifs is 2. The summed E-state index contributed by atoms with van der Waals surface area (Å²) in [6, 6.07) is 4.89. The van der Waals surface area contributed by atoms with Gasteiger partial charge >= 0.3 is 6.03 Å². The van der Waals surface area contributed by atoms with Crippen molar-refractivity contribution in [3.05, 3.63) is 23.8 Å². The van der Waals surface area contributed by atoms with E-state index >= 15 is 0 Å². The maximum atomic E-state index is 12.9. The summed E-state index contributed by atoms with van der Waals surface area (Å²) in [7, 11) is 1.87. The largest absolute Gasteiger partial charge is 0.454 e. The number of piperidine rings is 2. The molecule has 0 saturated carbocycles. The van der Waals surface area contributed by atoms with Crippen LogP contribution in [0.5, 0.6) is 11.5 Å². The lowest BCUT2D eigenvalue weighted by atomic mass is 9.83. The van der Waals surface area contributed by atoms with Crippen molar-refractivity contribution < 1.29 is 23.9 Å². The van der Waals surface area contributed by atoms with Gasteiger partial charge in [-0.25, -0.2) is 4.79 Å². The van der Waals surface area contributed by atoms with Gasteiger partial charge in [0.25, 0.3) is 5.91 Å². The third kappa shape index (κ3) is 4.71. The number of nitrogens with one attached hydrogen (secondary N) is 1. The van der Waals surface area contributed by atoms with E-state index in [0.717, 1.165) is 12.1 Å². The molecule has 34 heavy (non-hydrogen) atoms. The van der Waals surface area contributed by atoms with E-state index in [-0.39, 0.29) is 31.6 Å². The molecule has 0 spiro atoms. The van der Waals surface area contributed by atoms with Crippen molar-refractivity contribution in [1.82, 2.24) is 20.0 Å². The summed E-state index contributed by atoms with van der Waals surface area (Å²) in [6.45, 7) is 3.47. The van der Waals surface area contributed by atoms with Gasteiger partial charge in [-0.1, -0.05) is 12.5 Å². The third-order valence-electron chi connectivity index (χ3n) is 7.69. The lowest BCUT2D eigenvalue weighted by Gasteiger charge is -2.45. The molecule has 3 saturated heterocycles. The molecule has 4 heterocycles. The van der Waals surface area contributed by atoms with Crippen LogP contribution in [-0.2, 0) is 16.1 Å². The van der Waals surface area contributed by atoms with Crippen LogP contribution in [0.15, 0.2) is 18.2 Å². The number of carbonyl (C=O) groups is 3. The average molecular weight is 471 g/mol. The number of ether oxygens (including phenoxy) is 2. The van der Waals surface area contributed by atoms with Gasteiger partial charge in [-0.05, 0) is 68.8 Å². The van der Waals surface area contributed by atoms with E-state index in [0.29, 0.717) is 29.9 Å². The van der Waals surface area contributed by atoms with E-state index in [1.807, 2.05) is 18.0 Å². The summed E-state index contributed by atoms with van der Waals surface area (Å²) >= 11 is 0. The zero-order valence-corrected chi connectivity index (χ0v) is 19.8. The summed E-state index contributed by atoms with van der Waals surface area (Å²) in [4.78, 5) is 43.8. The molecular weight excluding hydrogens is 436 g/mol. The monoisotopic (exact) mass is 470 g/mol. The fourth-order valence-electron chi connectivity index (χ4n) is 5.85. The summed E-state index contributed by atoms with van der Waals surface area (Å²) in [6.07, 6.45) is 6.72. The molecule has 1 unspecified atom stereocenters. The van der Waals surface area contributed by atoms with E-state index in [9.17, 15) is 14.4 Å². The molecule has 0 aromatic heterocycles. The normalized spacial score (nSPS) is 26.4. The Morgan fingerprint density at radius 2 is 1.94 bits per heavy atom. The first kappa shape index (κ1) is 23.0. The van der Waals surface area contributed by atoms with Crippen LogP contribution in [-0.4, -0.2) is 78.1 Å². The van der Waals surface area contributed by atoms with Crippen molar-refractivity contribution in [1.29, 1.82) is 0 Å². The van der Waals surface area contributed by atoms with Gasteiger partial charge in [0.1, 0.15) is 6.04 Å². The van der Waals surface area contributed by atoms with Crippen LogP contribution in [0.4, 0.5) is 4.79 Å². The molecule has 4 amide bonds. The number of urea groups is 1. The maximum absolute atomic E-state index is 12.9. The molecule has 9 nitrogen and oxygen atoms in total. The quantitative estimate of drug-likeness (QED) is 0.615. The molecule has 5 rings (SSSR count). The second-order valence-corrected chi connectivity index (χ2v) is 9.93. The van der Waals surface area contributed by atoms with Crippen LogP contribution in [0.2, 0.25) is 0 Å². The van der Waals surface area contributed by atoms with Crippen LogP contribution in [0.1, 0.15) is 50.5 Å². The first-order valence-electron chi connectivity index (χ1n) is 12.5. The van der Waals surface area contributed by atoms with Crippen molar-refractivity contribution in [2.24, 2.45) is 5.92 Å². The molecule has 9 heteroatoms. The molecule has 0 bridgehead atoms. The lowest BCUT2D eigenvalue weighted by molar-refractivity contribution is -0.132. The van der Waals surface area contributed by atoms with Crippen molar-refractivity contribution in [3.8, 4) is 11.5 Å². The summed E-state index contributed by atoms with van der Waals surface area (Å²) < 4.78 is 10.7.